The molecule has 0 amide bonds. The molecule has 0 bridgehead atoms. The Morgan fingerprint density at radius 1 is 1.35 bits per heavy atom. The van der Waals surface area contributed by atoms with Gasteiger partial charge in [-0.3, -0.25) is 0 Å². The quantitative estimate of drug-likeness (QED) is 0.831. The van der Waals surface area contributed by atoms with Crippen LogP contribution in [-0.4, -0.2) is 61.7 Å². The summed E-state index contributed by atoms with van der Waals surface area (Å²) in [6, 6.07) is 3.20. The fourth-order valence-electron chi connectivity index (χ4n) is 3.82. The van der Waals surface area contributed by atoms with Crippen LogP contribution in [0.25, 0.3) is 0 Å². The smallest absolute Gasteiger partial charge is 0.103 e. The standard InChI is InChI=1S/C16H30N4/c1-16(13-17,18-2)8-5-10-20-11-7-15-14(12-20)6-4-9-19(15)3/h14-15,18H,4-12H2,1-3H3. The highest BCUT2D eigenvalue weighted by atomic mass is 15.2. The normalized spacial score (nSPS) is 31.3. The van der Waals surface area contributed by atoms with E-state index in [9.17, 15) is 5.26 Å². The summed E-state index contributed by atoms with van der Waals surface area (Å²) in [4.78, 5) is 5.19. The molecule has 114 valence electrons. The first kappa shape index (κ1) is 15.8. The average molecular weight is 278 g/mol. The lowest BCUT2D eigenvalue weighted by molar-refractivity contribution is 0.0376. The second kappa shape index (κ2) is 6.89. The van der Waals surface area contributed by atoms with E-state index in [-0.39, 0.29) is 5.54 Å². The van der Waals surface area contributed by atoms with Gasteiger partial charge in [-0.15, -0.1) is 0 Å². The van der Waals surface area contributed by atoms with Gasteiger partial charge in [-0.25, -0.2) is 0 Å². The number of rotatable bonds is 5. The van der Waals surface area contributed by atoms with Gasteiger partial charge in [0.1, 0.15) is 5.54 Å². The fraction of sp³-hybridized carbons (Fsp3) is 0.938. The van der Waals surface area contributed by atoms with Crippen LogP contribution in [0.2, 0.25) is 0 Å². The SMILES string of the molecule is CNC(C)(C#N)CCCN1CCC2C(CCCN2C)C1. The number of fused-ring (bicyclic) bond motifs is 1. The van der Waals surface area contributed by atoms with Gasteiger partial charge in [-0.05, 0) is 78.7 Å². The maximum atomic E-state index is 9.17. The van der Waals surface area contributed by atoms with Crippen molar-refractivity contribution in [1.82, 2.24) is 15.1 Å². The number of likely N-dealkylation sites (tertiary alicyclic amines) is 2. The van der Waals surface area contributed by atoms with Crippen LogP contribution in [0.5, 0.6) is 0 Å². The average Bonchev–Trinajstić information content (AvgIpc) is 2.47. The summed E-state index contributed by atoms with van der Waals surface area (Å²) in [6.07, 6.45) is 6.13. The van der Waals surface area contributed by atoms with Crippen LogP contribution in [-0.2, 0) is 0 Å². The molecule has 2 aliphatic heterocycles. The summed E-state index contributed by atoms with van der Waals surface area (Å²) in [5.41, 5.74) is -0.358. The number of nitrogens with zero attached hydrogens (tertiary/aromatic N) is 3. The Labute approximate surface area is 124 Å². The van der Waals surface area contributed by atoms with Gasteiger partial charge in [0, 0.05) is 12.6 Å². The molecular weight excluding hydrogens is 248 g/mol. The predicted octanol–water partition coefficient (Wildman–Crippen LogP) is 1.68. The van der Waals surface area contributed by atoms with Crippen molar-refractivity contribution in [3.05, 3.63) is 0 Å². The van der Waals surface area contributed by atoms with Gasteiger partial charge in [0.05, 0.1) is 6.07 Å². The highest BCUT2D eigenvalue weighted by molar-refractivity contribution is 5.02. The van der Waals surface area contributed by atoms with Crippen molar-refractivity contribution in [2.45, 2.75) is 50.6 Å². The third-order valence-corrected chi connectivity index (χ3v) is 5.38. The van der Waals surface area contributed by atoms with Crippen molar-refractivity contribution >= 4 is 0 Å². The lowest BCUT2D eigenvalue weighted by atomic mass is 9.84. The zero-order chi connectivity index (χ0) is 14.6. The summed E-state index contributed by atoms with van der Waals surface area (Å²) in [5, 5.41) is 12.3. The summed E-state index contributed by atoms with van der Waals surface area (Å²) >= 11 is 0. The highest BCUT2D eigenvalue weighted by Crippen LogP contribution is 2.29. The molecule has 0 aromatic rings. The summed E-state index contributed by atoms with van der Waals surface area (Å²) in [6.45, 7) is 6.91. The van der Waals surface area contributed by atoms with Gasteiger partial charge in [-0.1, -0.05) is 0 Å². The first-order valence-corrected chi connectivity index (χ1v) is 8.11. The van der Waals surface area contributed by atoms with Gasteiger partial charge in [-0.2, -0.15) is 5.26 Å². The molecule has 2 rings (SSSR count). The molecule has 4 heteroatoms. The molecule has 20 heavy (non-hydrogen) atoms. The summed E-state index contributed by atoms with van der Waals surface area (Å²) in [7, 11) is 4.17. The lowest BCUT2D eigenvalue weighted by Crippen LogP contribution is -2.52. The van der Waals surface area contributed by atoms with Crippen LogP contribution < -0.4 is 5.32 Å². The molecule has 4 nitrogen and oxygen atoms in total. The number of hydrogen-bond acceptors (Lipinski definition) is 4. The molecule has 1 N–H and O–H groups in total. The van der Waals surface area contributed by atoms with Crippen LogP contribution >= 0.6 is 0 Å². The van der Waals surface area contributed by atoms with Crippen molar-refractivity contribution in [2.24, 2.45) is 5.92 Å². The Morgan fingerprint density at radius 2 is 2.15 bits per heavy atom. The first-order valence-electron chi connectivity index (χ1n) is 8.11. The molecule has 2 aliphatic rings. The second-order valence-electron chi connectivity index (χ2n) is 6.84. The van der Waals surface area contributed by atoms with Gasteiger partial charge in [0.2, 0.25) is 0 Å². The molecule has 2 heterocycles. The zero-order valence-corrected chi connectivity index (χ0v) is 13.4. The van der Waals surface area contributed by atoms with E-state index in [1.807, 2.05) is 14.0 Å². The minimum atomic E-state index is -0.358. The third-order valence-electron chi connectivity index (χ3n) is 5.38. The highest BCUT2D eigenvalue weighted by Gasteiger charge is 2.34. The van der Waals surface area contributed by atoms with Crippen LogP contribution in [0.15, 0.2) is 0 Å². The van der Waals surface area contributed by atoms with Crippen molar-refractivity contribution in [3.63, 3.8) is 0 Å². The molecule has 0 aliphatic carbocycles. The van der Waals surface area contributed by atoms with E-state index in [0.717, 1.165) is 31.3 Å². The van der Waals surface area contributed by atoms with Crippen LogP contribution in [0.1, 0.15) is 39.0 Å². The number of hydrogen-bond donors (Lipinski definition) is 1. The van der Waals surface area contributed by atoms with E-state index in [0.29, 0.717) is 0 Å². The predicted molar refractivity (Wildman–Crippen MR) is 82.5 cm³/mol. The molecule has 0 saturated carbocycles. The topological polar surface area (TPSA) is 42.3 Å². The van der Waals surface area contributed by atoms with Gasteiger partial charge in [0.25, 0.3) is 0 Å². The molecule has 0 radical (unpaired) electrons. The maximum absolute atomic E-state index is 9.17. The molecule has 2 saturated heterocycles. The first-order chi connectivity index (χ1) is 9.58. The summed E-state index contributed by atoms with van der Waals surface area (Å²) < 4.78 is 0. The lowest BCUT2D eigenvalue weighted by Gasteiger charge is -2.46. The van der Waals surface area contributed by atoms with Crippen LogP contribution in [0, 0.1) is 17.2 Å². The molecular formula is C16H30N4. The fourth-order valence-corrected chi connectivity index (χ4v) is 3.82. The Morgan fingerprint density at radius 3 is 2.85 bits per heavy atom. The number of nitrogens with one attached hydrogen (secondary N) is 1. The molecule has 0 aromatic carbocycles. The minimum absolute atomic E-state index is 0.358. The molecule has 0 aromatic heterocycles. The van der Waals surface area contributed by atoms with Crippen molar-refractivity contribution in [2.75, 3.05) is 40.3 Å². The molecule has 3 unspecified atom stereocenters. The van der Waals surface area contributed by atoms with Gasteiger partial charge < -0.3 is 15.1 Å². The monoisotopic (exact) mass is 278 g/mol. The Balaban J connectivity index is 1.75. The van der Waals surface area contributed by atoms with Crippen molar-refractivity contribution in [1.29, 1.82) is 5.26 Å². The van der Waals surface area contributed by atoms with E-state index in [4.69, 9.17) is 0 Å². The summed E-state index contributed by atoms with van der Waals surface area (Å²) in [5.74, 6) is 0.870. The van der Waals surface area contributed by atoms with E-state index >= 15 is 0 Å². The van der Waals surface area contributed by atoms with Crippen molar-refractivity contribution < 1.29 is 0 Å². The third kappa shape index (κ3) is 3.72. The van der Waals surface area contributed by atoms with Crippen LogP contribution in [0.3, 0.4) is 0 Å². The Bertz CT molecular complexity index is 351. The van der Waals surface area contributed by atoms with E-state index in [1.165, 1.54) is 38.9 Å². The Hall–Kier alpha value is -0.630. The van der Waals surface area contributed by atoms with E-state index in [2.05, 4.69) is 28.2 Å². The van der Waals surface area contributed by atoms with E-state index < -0.39 is 0 Å². The second-order valence-corrected chi connectivity index (χ2v) is 6.84. The number of piperidine rings is 2. The van der Waals surface area contributed by atoms with Crippen molar-refractivity contribution in [3.8, 4) is 6.07 Å². The zero-order valence-electron chi connectivity index (χ0n) is 13.4. The molecule has 2 fully saturated rings. The van der Waals surface area contributed by atoms with E-state index in [1.54, 1.807) is 0 Å². The molecule has 3 atom stereocenters. The molecule has 0 spiro atoms. The van der Waals surface area contributed by atoms with Crippen LogP contribution in [0.4, 0.5) is 0 Å². The maximum Gasteiger partial charge on any atom is 0.103 e. The Kier molecular flexibility index (Phi) is 5.42. The van der Waals surface area contributed by atoms with Gasteiger partial charge >= 0.3 is 0 Å². The largest absolute Gasteiger partial charge is 0.303 e. The van der Waals surface area contributed by atoms with Gasteiger partial charge in [0.15, 0.2) is 0 Å². The number of nitriles is 1. The minimum Gasteiger partial charge on any atom is -0.303 e.